The summed E-state index contributed by atoms with van der Waals surface area (Å²) in [7, 11) is 0. The van der Waals surface area contributed by atoms with Crippen molar-refractivity contribution in [1.82, 2.24) is 4.57 Å². The van der Waals surface area contributed by atoms with Gasteiger partial charge in [0.2, 0.25) is 5.91 Å². The molecule has 0 bridgehead atoms. The minimum Gasteiger partial charge on any atom is -0.342 e. The number of carbonyl (C=O) groups excluding carboxylic acids is 1. The number of nitrogens with one attached hydrogen (secondary N) is 1. The fraction of sp³-hybridized carbons (Fsp3) is 0.214. The molecule has 0 fully saturated rings. The molecule has 0 aliphatic carbocycles. The van der Waals surface area contributed by atoms with Crippen LogP contribution in [0.2, 0.25) is 0 Å². The third kappa shape index (κ3) is 2.56. The van der Waals surface area contributed by atoms with Gasteiger partial charge in [-0.3, -0.25) is 4.79 Å². The lowest BCUT2D eigenvalue weighted by atomic mass is 10.2. The zero-order valence-corrected chi connectivity index (χ0v) is 10.1. The van der Waals surface area contributed by atoms with Crippen LogP contribution < -0.4 is 5.32 Å². The van der Waals surface area contributed by atoms with E-state index in [1.165, 1.54) is 0 Å². The molecule has 0 spiro atoms. The van der Waals surface area contributed by atoms with E-state index < -0.39 is 0 Å². The second kappa shape index (κ2) is 4.87. The zero-order chi connectivity index (χ0) is 12.3. The van der Waals surface area contributed by atoms with Crippen LogP contribution >= 0.6 is 0 Å². The van der Waals surface area contributed by atoms with Gasteiger partial charge in [0.05, 0.1) is 0 Å². The van der Waals surface area contributed by atoms with Crippen LogP contribution in [0.25, 0.3) is 0 Å². The molecular formula is C14H16N2O. The third-order valence-electron chi connectivity index (χ3n) is 2.86. The summed E-state index contributed by atoms with van der Waals surface area (Å²) in [5.74, 6) is -0.00417. The molecule has 1 aromatic heterocycles. The summed E-state index contributed by atoms with van der Waals surface area (Å²) in [4.78, 5) is 12.0. The summed E-state index contributed by atoms with van der Waals surface area (Å²) in [6.45, 7) is 3.86. The summed E-state index contributed by atoms with van der Waals surface area (Å²) in [5.41, 5.74) is 1.94. The summed E-state index contributed by atoms with van der Waals surface area (Å²) in [5, 5.41) is 2.94. The molecule has 1 unspecified atom stereocenters. The van der Waals surface area contributed by atoms with Crippen LogP contribution in [0.1, 0.15) is 18.5 Å². The summed E-state index contributed by atoms with van der Waals surface area (Å²) < 4.78 is 1.88. The predicted octanol–water partition coefficient (Wildman–Crippen LogP) is 3.00. The fourth-order valence-electron chi connectivity index (χ4n) is 1.69. The van der Waals surface area contributed by atoms with Gasteiger partial charge in [-0.1, -0.05) is 18.2 Å². The number of hydrogen-bond acceptors (Lipinski definition) is 1. The van der Waals surface area contributed by atoms with Gasteiger partial charge in [-0.05, 0) is 37.6 Å². The van der Waals surface area contributed by atoms with Crippen molar-refractivity contribution in [2.24, 2.45) is 0 Å². The lowest BCUT2D eigenvalue weighted by Crippen LogP contribution is -2.23. The van der Waals surface area contributed by atoms with Crippen LogP contribution in [0, 0.1) is 6.92 Å². The highest BCUT2D eigenvalue weighted by Crippen LogP contribution is 2.16. The first-order valence-electron chi connectivity index (χ1n) is 5.67. The van der Waals surface area contributed by atoms with E-state index >= 15 is 0 Å². The van der Waals surface area contributed by atoms with Gasteiger partial charge in [0.15, 0.2) is 0 Å². The number of carbonyl (C=O) groups is 1. The fourth-order valence-corrected chi connectivity index (χ4v) is 1.69. The van der Waals surface area contributed by atoms with Crippen LogP contribution in [-0.2, 0) is 4.79 Å². The molecule has 0 radical (unpaired) electrons. The highest BCUT2D eigenvalue weighted by atomic mass is 16.2. The van der Waals surface area contributed by atoms with E-state index in [4.69, 9.17) is 0 Å². The van der Waals surface area contributed by atoms with E-state index in [9.17, 15) is 4.79 Å². The van der Waals surface area contributed by atoms with Crippen LogP contribution in [0.15, 0.2) is 48.8 Å². The Morgan fingerprint density at radius 1 is 1.18 bits per heavy atom. The largest absolute Gasteiger partial charge is 0.342 e. The lowest BCUT2D eigenvalue weighted by Gasteiger charge is -2.15. The van der Waals surface area contributed by atoms with E-state index in [1.54, 1.807) is 0 Å². The van der Waals surface area contributed by atoms with Crippen molar-refractivity contribution < 1.29 is 4.79 Å². The zero-order valence-electron chi connectivity index (χ0n) is 10.1. The van der Waals surface area contributed by atoms with Gasteiger partial charge < -0.3 is 9.88 Å². The van der Waals surface area contributed by atoms with Gasteiger partial charge in [-0.25, -0.2) is 0 Å². The van der Waals surface area contributed by atoms with Crippen molar-refractivity contribution in [1.29, 1.82) is 0 Å². The maximum absolute atomic E-state index is 12.0. The number of aromatic nitrogens is 1. The van der Waals surface area contributed by atoms with E-state index in [-0.39, 0.29) is 11.9 Å². The molecule has 17 heavy (non-hydrogen) atoms. The molecule has 2 rings (SSSR count). The average Bonchev–Trinajstić information content (AvgIpc) is 2.84. The first-order chi connectivity index (χ1) is 8.18. The quantitative estimate of drug-likeness (QED) is 0.861. The molecule has 3 nitrogen and oxygen atoms in total. The summed E-state index contributed by atoms with van der Waals surface area (Å²) in [6.07, 6.45) is 3.78. The van der Waals surface area contributed by atoms with Gasteiger partial charge in [0.1, 0.15) is 6.04 Å². The average molecular weight is 228 g/mol. The lowest BCUT2D eigenvalue weighted by molar-refractivity contribution is -0.118. The van der Waals surface area contributed by atoms with E-state index in [2.05, 4.69) is 5.32 Å². The SMILES string of the molecule is Cc1ccccc1NC(=O)C(C)n1cccc1. The van der Waals surface area contributed by atoms with Crippen LogP contribution in [0.5, 0.6) is 0 Å². The van der Waals surface area contributed by atoms with Gasteiger partial charge in [-0.2, -0.15) is 0 Å². The molecular weight excluding hydrogens is 212 g/mol. The van der Waals surface area contributed by atoms with Crippen molar-refractivity contribution in [2.45, 2.75) is 19.9 Å². The Labute approximate surface area is 101 Å². The van der Waals surface area contributed by atoms with E-state index in [1.807, 2.05) is 67.2 Å². The topological polar surface area (TPSA) is 34.0 Å². The molecule has 0 saturated carbocycles. The number of anilines is 1. The highest BCUT2D eigenvalue weighted by Gasteiger charge is 2.14. The molecule has 2 aromatic rings. The molecule has 1 heterocycles. The monoisotopic (exact) mass is 228 g/mol. The van der Waals surface area contributed by atoms with Crippen molar-refractivity contribution in [3.8, 4) is 0 Å². The number of aryl methyl sites for hydroxylation is 1. The number of hydrogen-bond donors (Lipinski definition) is 1. The number of nitrogens with zero attached hydrogens (tertiary/aromatic N) is 1. The normalized spacial score (nSPS) is 12.1. The Kier molecular flexibility index (Phi) is 3.28. The Bertz CT molecular complexity index is 503. The Morgan fingerprint density at radius 2 is 1.82 bits per heavy atom. The number of amides is 1. The minimum absolute atomic E-state index is 0.00417. The number of para-hydroxylation sites is 1. The van der Waals surface area contributed by atoms with E-state index in [0.29, 0.717) is 0 Å². The second-order valence-electron chi connectivity index (χ2n) is 4.11. The first-order valence-corrected chi connectivity index (χ1v) is 5.67. The predicted molar refractivity (Wildman–Crippen MR) is 69.0 cm³/mol. The van der Waals surface area contributed by atoms with Crippen LogP contribution in [-0.4, -0.2) is 10.5 Å². The third-order valence-corrected chi connectivity index (χ3v) is 2.86. The van der Waals surface area contributed by atoms with Crippen molar-refractivity contribution in [2.75, 3.05) is 5.32 Å². The van der Waals surface area contributed by atoms with Crippen LogP contribution in [0.4, 0.5) is 5.69 Å². The first kappa shape index (κ1) is 11.5. The maximum Gasteiger partial charge on any atom is 0.247 e. The molecule has 1 aromatic carbocycles. The van der Waals surface area contributed by atoms with Gasteiger partial charge in [-0.15, -0.1) is 0 Å². The van der Waals surface area contributed by atoms with Gasteiger partial charge in [0, 0.05) is 18.1 Å². The Morgan fingerprint density at radius 3 is 2.47 bits per heavy atom. The smallest absolute Gasteiger partial charge is 0.247 e. The number of benzene rings is 1. The molecule has 0 aliphatic heterocycles. The van der Waals surface area contributed by atoms with Crippen LogP contribution in [0.3, 0.4) is 0 Å². The standard InChI is InChI=1S/C14H16N2O/c1-11-7-3-4-8-13(11)15-14(17)12(2)16-9-5-6-10-16/h3-10,12H,1-2H3,(H,15,17). The van der Waals surface area contributed by atoms with E-state index in [0.717, 1.165) is 11.3 Å². The van der Waals surface area contributed by atoms with Crippen molar-refractivity contribution in [3.05, 3.63) is 54.4 Å². The highest BCUT2D eigenvalue weighted by molar-refractivity contribution is 5.94. The Hall–Kier alpha value is -2.03. The molecule has 0 saturated heterocycles. The molecule has 88 valence electrons. The van der Waals surface area contributed by atoms with Gasteiger partial charge in [0.25, 0.3) is 0 Å². The van der Waals surface area contributed by atoms with Crippen molar-refractivity contribution >= 4 is 11.6 Å². The molecule has 1 amide bonds. The summed E-state index contributed by atoms with van der Waals surface area (Å²) in [6, 6.07) is 11.4. The van der Waals surface area contributed by atoms with Crippen molar-refractivity contribution in [3.63, 3.8) is 0 Å². The Balaban J connectivity index is 2.10. The second-order valence-corrected chi connectivity index (χ2v) is 4.11. The maximum atomic E-state index is 12.0. The molecule has 3 heteroatoms. The summed E-state index contributed by atoms with van der Waals surface area (Å²) >= 11 is 0. The molecule has 1 N–H and O–H groups in total. The van der Waals surface area contributed by atoms with Gasteiger partial charge >= 0.3 is 0 Å². The molecule has 0 aliphatic rings. The minimum atomic E-state index is -0.204. The molecule has 1 atom stereocenters. The number of rotatable bonds is 3.